The van der Waals surface area contributed by atoms with Crippen molar-refractivity contribution in [1.29, 1.82) is 0 Å². The molecule has 0 radical (unpaired) electrons. The minimum absolute atomic E-state index is 0.524. The molecule has 1 aliphatic rings. The molecule has 4 heteroatoms. The van der Waals surface area contributed by atoms with Gasteiger partial charge < -0.3 is 11.1 Å². The maximum atomic E-state index is 5.85. The quantitative estimate of drug-likeness (QED) is 0.869. The van der Waals surface area contributed by atoms with Gasteiger partial charge in [0.1, 0.15) is 5.82 Å². The molecule has 1 aliphatic carbocycles. The first-order valence-corrected chi connectivity index (χ1v) is 7.43. The molecule has 18 heavy (non-hydrogen) atoms. The molecular weight excluding hydrogens is 290 g/mol. The standard InChI is InChI=1S/C14H22BrN3/c1-8-4-9(2)6-11(5-8)18-14-13(15)10(3)12(16)7-17-14/h7-9,11H,4-6,16H2,1-3H3,(H,17,18). The molecule has 0 bridgehead atoms. The first-order chi connectivity index (χ1) is 8.47. The van der Waals surface area contributed by atoms with Crippen molar-refractivity contribution < 1.29 is 0 Å². The van der Waals surface area contributed by atoms with Gasteiger partial charge in [-0.25, -0.2) is 4.98 Å². The van der Waals surface area contributed by atoms with Crippen LogP contribution in [0.4, 0.5) is 11.5 Å². The van der Waals surface area contributed by atoms with Crippen LogP contribution in [0.3, 0.4) is 0 Å². The lowest BCUT2D eigenvalue weighted by Gasteiger charge is -2.32. The molecule has 2 rings (SSSR count). The number of rotatable bonds is 2. The maximum absolute atomic E-state index is 5.85. The summed E-state index contributed by atoms with van der Waals surface area (Å²) in [6.07, 6.45) is 5.52. The van der Waals surface area contributed by atoms with E-state index in [9.17, 15) is 0 Å². The number of nitrogen functional groups attached to an aromatic ring is 1. The molecule has 100 valence electrons. The first kappa shape index (κ1) is 13.7. The van der Waals surface area contributed by atoms with Crippen molar-refractivity contribution in [3.05, 3.63) is 16.2 Å². The van der Waals surface area contributed by atoms with E-state index in [2.05, 4.69) is 40.1 Å². The van der Waals surface area contributed by atoms with E-state index >= 15 is 0 Å². The third-order valence-corrected chi connectivity index (χ3v) is 4.79. The Hall–Kier alpha value is -0.770. The molecule has 0 aliphatic heterocycles. The Morgan fingerprint density at radius 3 is 2.50 bits per heavy atom. The lowest BCUT2D eigenvalue weighted by Crippen LogP contribution is -2.30. The van der Waals surface area contributed by atoms with Crippen LogP contribution >= 0.6 is 15.9 Å². The van der Waals surface area contributed by atoms with Crippen LogP contribution in [-0.4, -0.2) is 11.0 Å². The summed E-state index contributed by atoms with van der Waals surface area (Å²) in [5.74, 6) is 2.51. The number of hydrogen-bond acceptors (Lipinski definition) is 3. The molecule has 2 unspecified atom stereocenters. The van der Waals surface area contributed by atoms with E-state index in [-0.39, 0.29) is 0 Å². The summed E-state index contributed by atoms with van der Waals surface area (Å²) in [4.78, 5) is 4.40. The van der Waals surface area contributed by atoms with Crippen LogP contribution in [0.2, 0.25) is 0 Å². The van der Waals surface area contributed by atoms with Crippen LogP contribution in [0.5, 0.6) is 0 Å². The van der Waals surface area contributed by atoms with E-state index < -0.39 is 0 Å². The minimum Gasteiger partial charge on any atom is -0.397 e. The number of nitrogens with one attached hydrogen (secondary N) is 1. The SMILES string of the molecule is Cc1c(N)cnc(NC2CC(C)CC(C)C2)c1Br. The van der Waals surface area contributed by atoms with Gasteiger partial charge in [-0.3, -0.25) is 0 Å². The van der Waals surface area contributed by atoms with Gasteiger partial charge in [-0.1, -0.05) is 13.8 Å². The summed E-state index contributed by atoms with van der Waals surface area (Å²) < 4.78 is 0.994. The average molecular weight is 312 g/mol. The summed E-state index contributed by atoms with van der Waals surface area (Å²) in [7, 11) is 0. The highest BCUT2D eigenvalue weighted by atomic mass is 79.9. The van der Waals surface area contributed by atoms with Crippen LogP contribution in [0.1, 0.15) is 38.7 Å². The van der Waals surface area contributed by atoms with Gasteiger partial charge in [0.25, 0.3) is 0 Å². The van der Waals surface area contributed by atoms with Gasteiger partial charge in [0, 0.05) is 6.04 Å². The Morgan fingerprint density at radius 1 is 1.28 bits per heavy atom. The summed E-state index contributed by atoms with van der Waals surface area (Å²) in [6.45, 7) is 6.68. The lowest BCUT2D eigenvalue weighted by atomic mass is 9.80. The van der Waals surface area contributed by atoms with Crippen LogP contribution in [0.15, 0.2) is 10.7 Å². The highest BCUT2D eigenvalue weighted by Gasteiger charge is 2.24. The topological polar surface area (TPSA) is 50.9 Å². The van der Waals surface area contributed by atoms with Crippen molar-refractivity contribution in [1.82, 2.24) is 4.98 Å². The fourth-order valence-corrected chi connectivity index (χ4v) is 3.40. The smallest absolute Gasteiger partial charge is 0.140 e. The van der Waals surface area contributed by atoms with Crippen molar-refractivity contribution in [2.75, 3.05) is 11.1 Å². The molecule has 1 saturated carbocycles. The number of pyridine rings is 1. The number of nitrogens with zero attached hydrogens (tertiary/aromatic N) is 1. The lowest BCUT2D eigenvalue weighted by molar-refractivity contribution is 0.280. The van der Waals surface area contributed by atoms with E-state index in [1.165, 1.54) is 19.3 Å². The average Bonchev–Trinajstić information content (AvgIpc) is 2.29. The zero-order chi connectivity index (χ0) is 13.3. The number of halogens is 1. The fraction of sp³-hybridized carbons (Fsp3) is 0.643. The molecule has 0 spiro atoms. The van der Waals surface area contributed by atoms with Crippen LogP contribution in [0, 0.1) is 18.8 Å². The van der Waals surface area contributed by atoms with Gasteiger partial charge in [-0.2, -0.15) is 0 Å². The van der Waals surface area contributed by atoms with E-state index in [1.807, 2.05) is 6.92 Å². The highest BCUT2D eigenvalue weighted by Crippen LogP contribution is 2.33. The Morgan fingerprint density at radius 2 is 1.89 bits per heavy atom. The number of hydrogen-bond donors (Lipinski definition) is 2. The van der Waals surface area contributed by atoms with E-state index in [1.54, 1.807) is 6.20 Å². The van der Waals surface area contributed by atoms with Gasteiger partial charge in [0.05, 0.1) is 16.4 Å². The summed E-state index contributed by atoms with van der Waals surface area (Å²) in [5.41, 5.74) is 7.64. The molecule has 0 aromatic carbocycles. The third kappa shape index (κ3) is 2.97. The van der Waals surface area contributed by atoms with E-state index in [0.29, 0.717) is 6.04 Å². The summed E-state index contributed by atoms with van der Waals surface area (Å²) in [5, 5.41) is 3.56. The van der Waals surface area contributed by atoms with Crippen molar-refractivity contribution in [2.45, 2.75) is 46.1 Å². The second-order valence-corrected chi connectivity index (χ2v) is 6.55. The predicted molar refractivity (Wildman–Crippen MR) is 80.7 cm³/mol. The Labute approximate surface area is 118 Å². The van der Waals surface area contributed by atoms with Crippen molar-refractivity contribution >= 4 is 27.4 Å². The molecule has 1 aromatic heterocycles. The van der Waals surface area contributed by atoms with E-state index in [0.717, 1.165) is 33.4 Å². The molecule has 0 amide bonds. The Kier molecular flexibility index (Phi) is 4.15. The number of aromatic nitrogens is 1. The van der Waals surface area contributed by atoms with Gasteiger partial charge in [0.2, 0.25) is 0 Å². The van der Waals surface area contributed by atoms with Crippen LogP contribution in [0.25, 0.3) is 0 Å². The van der Waals surface area contributed by atoms with Crippen LogP contribution < -0.4 is 11.1 Å². The monoisotopic (exact) mass is 311 g/mol. The largest absolute Gasteiger partial charge is 0.397 e. The molecule has 1 fully saturated rings. The summed E-state index contributed by atoms with van der Waals surface area (Å²) in [6, 6.07) is 0.524. The molecule has 2 atom stereocenters. The molecule has 1 heterocycles. The molecule has 1 aromatic rings. The third-order valence-electron chi connectivity index (χ3n) is 3.82. The second-order valence-electron chi connectivity index (χ2n) is 5.76. The van der Waals surface area contributed by atoms with Gasteiger partial charge in [-0.15, -0.1) is 0 Å². The maximum Gasteiger partial charge on any atom is 0.140 e. The van der Waals surface area contributed by atoms with Gasteiger partial charge in [0.15, 0.2) is 0 Å². The van der Waals surface area contributed by atoms with Gasteiger partial charge in [-0.05, 0) is 59.5 Å². The molecule has 3 N–H and O–H groups in total. The van der Waals surface area contributed by atoms with Crippen LogP contribution in [-0.2, 0) is 0 Å². The first-order valence-electron chi connectivity index (χ1n) is 6.64. The van der Waals surface area contributed by atoms with Crippen molar-refractivity contribution in [2.24, 2.45) is 11.8 Å². The van der Waals surface area contributed by atoms with E-state index in [4.69, 9.17) is 5.73 Å². The van der Waals surface area contributed by atoms with Crippen molar-refractivity contribution in [3.8, 4) is 0 Å². The predicted octanol–water partition coefficient (Wildman–Crippen LogP) is 3.97. The zero-order valence-electron chi connectivity index (χ0n) is 11.3. The summed E-state index contributed by atoms with van der Waals surface area (Å²) >= 11 is 3.58. The van der Waals surface area contributed by atoms with Crippen molar-refractivity contribution in [3.63, 3.8) is 0 Å². The Balaban J connectivity index is 2.12. The van der Waals surface area contributed by atoms with Gasteiger partial charge >= 0.3 is 0 Å². The molecule has 3 nitrogen and oxygen atoms in total. The number of nitrogens with two attached hydrogens (primary N) is 1. The normalized spacial score (nSPS) is 28.1. The zero-order valence-corrected chi connectivity index (χ0v) is 12.9. The fourth-order valence-electron chi connectivity index (χ4n) is 2.95. The second kappa shape index (κ2) is 5.47. The molecule has 0 saturated heterocycles. The number of anilines is 2. The highest BCUT2D eigenvalue weighted by molar-refractivity contribution is 9.10. The molecular formula is C14H22BrN3. The Bertz CT molecular complexity index is 423. The minimum atomic E-state index is 0.524.